The lowest BCUT2D eigenvalue weighted by atomic mass is 10.4. The van der Waals surface area contributed by atoms with Gasteiger partial charge in [0, 0.05) is 10.5 Å². The van der Waals surface area contributed by atoms with Crippen LogP contribution < -0.4 is 0 Å². The molecule has 0 spiro atoms. The van der Waals surface area contributed by atoms with E-state index in [0.717, 1.165) is 10.5 Å². The summed E-state index contributed by atoms with van der Waals surface area (Å²) in [4.78, 5) is 0. The molecule has 0 aromatic carbocycles. The molecule has 0 bridgehead atoms. The first-order valence-corrected chi connectivity index (χ1v) is 12.4. The van der Waals surface area contributed by atoms with Gasteiger partial charge in [0.2, 0.25) is 0 Å². The second kappa shape index (κ2) is 6.89. The number of rotatable bonds is 4. The molecule has 0 N–H and O–H groups in total. The lowest BCUT2D eigenvalue weighted by Gasteiger charge is -2.21. The van der Waals surface area contributed by atoms with E-state index in [0.29, 0.717) is 7.54 Å². The van der Waals surface area contributed by atoms with Crippen molar-refractivity contribution in [3.63, 3.8) is 0 Å². The van der Waals surface area contributed by atoms with Gasteiger partial charge in [0.25, 0.3) is 0 Å². The quantitative estimate of drug-likeness (QED) is 0.510. The molecule has 88 valence electrons. The highest BCUT2D eigenvalue weighted by Gasteiger charge is 2.15. The molecule has 0 heterocycles. The third-order valence-electron chi connectivity index (χ3n) is 2.67. The van der Waals surface area contributed by atoms with Gasteiger partial charge in [-0.3, -0.25) is 0 Å². The first-order chi connectivity index (χ1) is 7.24. The fourth-order valence-corrected chi connectivity index (χ4v) is 16.7. The van der Waals surface area contributed by atoms with Crippen LogP contribution in [0.2, 0.25) is 0 Å². The van der Waals surface area contributed by atoms with Crippen LogP contribution in [-0.4, -0.2) is 18.9 Å². The molecule has 1 aliphatic carbocycles. The predicted octanol–water partition coefficient (Wildman–Crippen LogP) is 4.81. The number of hydrogen-bond acceptors (Lipinski definition) is 0. The van der Waals surface area contributed by atoms with Crippen molar-refractivity contribution in [2.75, 3.05) is 4.43 Å². The molecule has 0 radical (unpaired) electrons. The SMILES string of the molecule is CC=I(CC)=S(C1C=CC=C1)[C@H](C)CC. The average molecular weight is 338 g/mol. The van der Waals surface area contributed by atoms with Crippen LogP contribution in [0.15, 0.2) is 24.3 Å². The third-order valence-corrected chi connectivity index (χ3v) is 18.9. The van der Waals surface area contributed by atoms with Crippen molar-refractivity contribution in [3.05, 3.63) is 24.3 Å². The Labute approximate surface area is 102 Å². The summed E-state index contributed by atoms with van der Waals surface area (Å²) in [6.07, 6.45) is 10.6. The number of alkyl halides is 1. The number of allylic oxidation sites excluding steroid dienone is 2. The molecule has 2 heteroatoms. The Hall–Kier alpha value is 0.430. The fraction of sp³-hybridized carbons (Fsp3) is 0.615. The Balaban J connectivity index is 3.13. The lowest BCUT2D eigenvalue weighted by molar-refractivity contribution is 0.904. The summed E-state index contributed by atoms with van der Waals surface area (Å²) >= 11 is -0.818. The molecule has 0 saturated carbocycles. The molecule has 1 unspecified atom stereocenters. The Morgan fingerprint density at radius 3 is 2.33 bits per heavy atom. The summed E-state index contributed by atoms with van der Waals surface area (Å²) in [5, 5.41) is 1.67. The van der Waals surface area contributed by atoms with E-state index in [9.17, 15) is 0 Å². The topological polar surface area (TPSA) is 0 Å². The van der Waals surface area contributed by atoms with Crippen molar-refractivity contribution in [2.45, 2.75) is 44.6 Å². The smallest absolute Gasteiger partial charge is 0.0410 e. The van der Waals surface area contributed by atoms with Gasteiger partial charge >= 0.3 is 0 Å². The summed E-state index contributed by atoms with van der Waals surface area (Å²) in [6, 6.07) is 0. The molecule has 15 heavy (non-hydrogen) atoms. The first-order valence-electron chi connectivity index (χ1n) is 5.76. The Kier molecular flexibility index (Phi) is 6.20. The van der Waals surface area contributed by atoms with Crippen molar-refractivity contribution in [1.82, 2.24) is 0 Å². The van der Waals surface area contributed by atoms with Gasteiger partial charge in [0.15, 0.2) is 0 Å². The summed E-state index contributed by atoms with van der Waals surface area (Å²) in [7, 11) is 0.645. The van der Waals surface area contributed by atoms with E-state index in [2.05, 4.69) is 56.0 Å². The molecule has 0 fully saturated rings. The van der Waals surface area contributed by atoms with Crippen LogP contribution in [0.25, 0.3) is 0 Å². The highest BCUT2D eigenvalue weighted by atomic mass is 127. The second-order valence-corrected chi connectivity index (χ2v) is 16.1. The van der Waals surface area contributed by atoms with E-state index in [-0.39, 0.29) is 0 Å². The van der Waals surface area contributed by atoms with Crippen molar-refractivity contribution in [3.8, 4) is 0 Å². The number of halogens is 1. The van der Waals surface area contributed by atoms with Crippen LogP contribution in [-0.2, 0) is 0 Å². The highest BCUT2D eigenvalue weighted by molar-refractivity contribution is 14.2. The highest BCUT2D eigenvalue weighted by Crippen LogP contribution is 2.45. The molecular formula is C13H23IS. The first kappa shape index (κ1) is 13.5. The zero-order valence-electron chi connectivity index (χ0n) is 10.2. The lowest BCUT2D eigenvalue weighted by Crippen LogP contribution is -2.04. The summed E-state index contributed by atoms with van der Waals surface area (Å²) in [5.74, 6) is 0. The molecule has 0 amide bonds. The fourth-order valence-electron chi connectivity index (χ4n) is 1.70. The van der Waals surface area contributed by atoms with Crippen molar-refractivity contribution >= 4 is 29.0 Å². The van der Waals surface area contributed by atoms with Crippen LogP contribution in [0.4, 0.5) is 0 Å². The summed E-state index contributed by atoms with van der Waals surface area (Å²) in [5.41, 5.74) is 0. The third kappa shape index (κ3) is 3.45. The largest absolute Gasteiger partial charge is 0.147 e. The van der Waals surface area contributed by atoms with Crippen molar-refractivity contribution in [1.29, 1.82) is 0 Å². The van der Waals surface area contributed by atoms with Gasteiger partial charge in [-0.25, -0.2) is 0 Å². The van der Waals surface area contributed by atoms with E-state index in [1.165, 1.54) is 10.8 Å². The van der Waals surface area contributed by atoms with Crippen LogP contribution in [0.5, 0.6) is 0 Å². The maximum absolute atomic E-state index is 2.57. The zero-order valence-corrected chi connectivity index (χ0v) is 13.2. The second-order valence-electron chi connectivity index (χ2n) is 3.61. The maximum atomic E-state index is 2.57. The molecule has 0 nitrogen and oxygen atoms in total. The van der Waals surface area contributed by atoms with Gasteiger partial charge in [0.1, 0.15) is 0 Å². The Morgan fingerprint density at radius 2 is 1.93 bits per heavy atom. The standard InChI is InChI=1S/C13H23IS/c1-5-12(4)15(14(6-2)7-3)13-10-8-9-11-13/h6,8-13H,5,7H2,1-4H3/t12-,15?/m1/s1. The van der Waals surface area contributed by atoms with Gasteiger partial charge in [0.05, 0.1) is 0 Å². The molecule has 0 aliphatic heterocycles. The normalized spacial score (nSPS) is 22.1. The summed E-state index contributed by atoms with van der Waals surface area (Å²) < 4.78 is 4.01. The van der Waals surface area contributed by atoms with Gasteiger partial charge in [-0.05, 0) is 17.8 Å². The van der Waals surface area contributed by atoms with E-state index >= 15 is 0 Å². The van der Waals surface area contributed by atoms with Crippen LogP contribution in [0.3, 0.4) is 0 Å². The van der Waals surface area contributed by atoms with E-state index in [4.69, 9.17) is 0 Å². The monoisotopic (exact) mass is 338 g/mol. The maximum Gasteiger partial charge on any atom is 0.0410 e. The molecule has 0 aromatic rings. The molecular weight excluding hydrogens is 315 g/mol. The molecule has 2 atom stereocenters. The van der Waals surface area contributed by atoms with Gasteiger partial charge < -0.3 is 0 Å². The minimum atomic E-state index is -0.818. The van der Waals surface area contributed by atoms with Gasteiger partial charge in [-0.15, -0.1) is 24.9 Å². The van der Waals surface area contributed by atoms with Gasteiger partial charge in [-0.1, -0.05) is 49.1 Å². The molecule has 1 rings (SSSR count). The molecule has 0 saturated heterocycles. The Morgan fingerprint density at radius 1 is 1.33 bits per heavy atom. The minimum Gasteiger partial charge on any atom is -0.147 e. The van der Waals surface area contributed by atoms with E-state index in [1.807, 2.05) is 0 Å². The Bertz CT molecular complexity index is 332. The number of hydrogen-bond donors (Lipinski definition) is 0. The average Bonchev–Trinajstić information content (AvgIpc) is 2.77. The van der Waals surface area contributed by atoms with E-state index in [1.54, 1.807) is 0 Å². The molecule has 1 aliphatic rings. The van der Waals surface area contributed by atoms with Crippen LogP contribution >= 0.6 is 24.9 Å². The van der Waals surface area contributed by atoms with Crippen LogP contribution in [0, 0.1) is 0 Å². The zero-order chi connectivity index (χ0) is 11.3. The summed E-state index contributed by atoms with van der Waals surface area (Å²) in [6.45, 7) is 9.47. The van der Waals surface area contributed by atoms with Crippen molar-refractivity contribution in [2.24, 2.45) is 0 Å². The van der Waals surface area contributed by atoms with Gasteiger partial charge in [-0.2, -0.15) is 0 Å². The minimum absolute atomic E-state index is 0.645. The van der Waals surface area contributed by atoms with Crippen LogP contribution in [0.1, 0.15) is 34.1 Å². The van der Waals surface area contributed by atoms with Crippen molar-refractivity contribution < 1.29 is 0 Å². The molecule has 0 aromatic heterocycles. The van der Waals surface area contributed by atoms with E-state index < -0.39 is 17.4 Å². The predicted molar refractivity (Wildman–Crippen MR) is 85.7 cm³/mol.